The number of anilines is 1. The van der Waals surface area contributed by atoms with Crippen molar-refractivity contribution in [2.24, 2.45) is 0 Å². The summed E-state index contributed by atoms with van der Waals surface area (Å²) in [4.78, 5) is 26.1. The normalized spacial score (nSPS) is 10.3. The van der Waals surface area contributed by atoms with Crippen molar-refractivity contribution in [1.29, 1.82) is 0 Å². The number of carbonyl (C=O) groups is 2. The molecule has 23 heavy (non-hydrogen) atoms. The van der Waals surface area contributed by atoms with E-state index in [-0.39, 0.29) is 16.7 Å². The minimum absolute atomic E-state index is 0.194. The Morgan fingerprint density at radius 2 is 1.43 bits per heavy atom. The van der Waals surface area contributed by atoms with Crippen molar-refractivity contribution in [2.45, 2.75) is 0 Å². The van der Waals surface area contributed by atoms with Crippen molar-refractivity contribution in [3.63, 3.8) is 0 Å². The summed E-state index contributed by atoms with van der Waals surface area (Å²) in [5, 5.41) is 8.53. The largest absolute Gasteiger partial charge is 0.286 e. The fourth-order valence-electron chi connectivity index (χ4n) is 2.02. The number of aromatic nitrogens is 2. The van der Waals surface area contributed by atoms with Gasteiger partial charge in [-0.15, -0.1) is 10.2 Å². The van der Waals surface area contributed by atoms with Crippen molar-refractivity contribution in [2.75, 3.05) is 11.9 Å². The van der Waals surface area contributed by atoms with Crippen LogP contribution in [0.4, 0.5) is 5.13 Å². The second-order valence-corrected chi connectivity index (χ2v) is 5.77. The number of amides is 1. The third kappa shape index (κ3) is 3.17. The van der Waals surface area contributed by atoms with Crippen LogP contribution < -0.4 is 4.90 Å². The molecule has 0 aliphatic rings. The lowest BCUT2D eigenvalue weighted by atomic mass is 10.1. The second kappa shape index (κ2) is 6.50. The molecule has 3 rings (SSSR count). The van der Waals surface area contributed by atoms with Gasteiger partial charge in [-0.05, 0) is 12.1 Å². The van der Waals surface area contributed by atoms with Crippen molar-refractivity contribution in [3.05, 3.63) is 76.8 Å². The number of hydrogen-bond acceptors (Lipinski definition) is 5. The van der Waals surface area contributed by atoms with E-state index in [2.05, 4.69) is 10.2 Å². The summed E-state index contributed by atoms with van der Waals surface area (Å²) in [6.45, 7) is 0. The molecule has 0 bridgehead atoms. The Bertz CT molecular complexity index is 831. The average Bonchev–Trinajstić information content (AvgIpc) is 3.11. The highest BCUT2D eigenvalue weighted by molar-refractivity contribution is 7.17. The Hall–Kier alpha value is -2.86. The van der Waals surface area contributed by atoms with Crippen LogP contribution in [-0.4, -0.2) is 28.9 Å². The van der Waals surface area contributed by atoms with Crippen molar-refractivity contribution in [3.8, 4) is 0 Å². The molecule has 0 aliphatic heterocycles. The first kappa shape index (κ1) is 15.1. The molecule has 0 aliphatic carbocycles. The highest BCUT2D eigenvalue weighted by Gasteiger charge is 2.20. The number of ketones is 1. The molecule has 0 radical (unpaired) electrons. The summed E-state index contributed by atoms with van der Waals surface area (Å²) in [5.74, 6) is -0.393. The molecule has 0 atom stereocenters. The van der Waals surface area contributed by atoms with Crippen LogP contribution in [0.3, 0.4) is 0 Å². The molecule has 0 unspecified atom stereocenters. The fourth-order valence-corrected chi connectivity index (χ4v) is 2.78. The number of nitrogens with zero attached hydrogens (tertiary/aromatic N) is 3. The molecular weight excluding hydrogens is 310 g/mol. The van der Waals surface area contributed by atoms with Gasteiger partial charge in [0.1, 0.15) is 0 Å². The third-order valence-electron chi connectivity index (χ3n) is 3.26. The van der Waals surface area contributed by atoms with Crippen molar-refractivity contribution >= 4 is 28.2 Å². The van der Waals surface area contributed by atoms with Crippen LogP contribution in [0.5, 0.6) is 0 Å². The molecule has 1 heterocycles. The molecule has 1 aromatic heterocycles. The summed E-state index contributed by atoms with van der Waals surface area (Å²) in [6.07, 6.45) is 0. The molecule has 3 aromatic rings. The molecule has 0 fully saturated rings. The van der Waals surface area contributed by atoms with E-state index in [0.717, 1.165) is 11.3 Å². The Labute approximate surface area is 137 Å². The summed E-state index contributed by atoms with van der Waals surface area (Å²) >= 11 is 1.10. The molecule has 2 aromatic carbocycles. The van der Waals surface area contributed by atoms with Gasteiger partial charge < -0.3 is 0 Å². The van der Waals surface area contributed by atoms with Crippen LogP contribution in [0.1, 0.15) is 25.7 Å². The maximum absolute atomic E-state index is 12.4. The maximum atomic E-state index is 12.4. The standard InChI is InChI=1S/C17H13N3O2S/c1-20(16(22)13-10-6-3-7-11-13)17-19-18-15(23-17)14(21)12-8-4-2-5-9-12/h2-11H,1H3. The van der Waals surface area contributed by atoms with Gasteiger partial charge in [0, 0.05) is 18.2 Å². The lowest BCUT2D eigenvalue weighted by Gasteiger charge is -2.12. The fraction of sp³-hybridized carbons (Fsp3) is 0.0588. The van der Waals surface area contributed by atoms with Gasteiger partial charge in [-0.3, -0.25) is 14.5 Å². The molecule has 1 amide bonds. The molecule has 0 saturated carbocycles. The van der Waals surface area contributed by atoms with Gasteiger partial charge in [-0.2, -0.15) is 0 Å². The van der Waals surface area contributed by atoms with Gasteiger partial charge >= 0.3 is 0 Å². The van der Waals surface area contributed by atoms with Crippen LogP contribution in [0, 0.1) is 0 Å². The number of hydrogen-bond donors (Lipinski definition) is 0. The first-order valence-electron chi connectivity index (χ1n) is 6.93. The van der Waals surface area contributed by atoms with E-state index < -0.39 is 0 Å². The average molecular weight is 323 g/mol. The minimum Gasteiger partial charge on any atom is -0.286 e. The minimum atomic E-state index is -0.199. The first-order chi connectivity index (χ1) is 11.2. The lowest BCUT2D eigenvalue weighted by Crippen LogP contribution is -2.25. The predicted octanol–water partition coefficient (Wildman–Crippen LogP) is 3.05. The molecular formula is C17H13N3O2S. The van der Waals surface area contributed by atoms with E-state index in [1.807, 2.05) is 12.1 Å². The van der Waals surface area contributed by atoms with Crippen molar-refractivity contribution < 1.29 is 9.59 Å². The summed E-state index contributed by atoms with van der Waals surface area (Å²) < 4.78 is 0. The van der Waals surface area contributed by atoms with E-state index in [1.165, 1.54) is 4.90 Å². The summed E-state index contributed by atoms with van der Waals surface area (Å²) in [7, 11) is 1.62. The Balaban J connectivity index is 1.82. The second-order valence-electron chi connectivity index (χ2n) is 4.82. The highest BCUT2D eigenvalue weighted by Crippen LogP contribution is 2.22. The Kier molecular flexibility index (Phi) is 4.25. The van der Waals surface area contributed by atoms with Crippen LogP contribution in [0.15, 0.2) is 60.7 Å². The molecule has 0 spiro atoms. The third-order valence-corrected chi connectivity index (χ3v) is 4.26. The van der Waals surface area contributed by atoms with Gasteiger partial charge in [0.15, 0.2) is 5.01 Å². The van der Waals surface area contributed by atoms with Crippen LogP contribution in [-0.2, 0) is 0 Å². The molecule has 5 nitrogen and oxygen atoms in total. The van der Waals surface area contributed by atoms with Gasteiger partial charge in [0.2, 0.25) is 10.9 Å². The smallest absolute Gasteiger partial charge is 0.259 e. The maximum Gasteiger partial charge on any atom is 0.259 e. The topological polar surface area (TPSA) is 63.2 Å². The van der Waals surface area contributed by atoms with Gasteiger partial charge in [0.05, 0.1) is 0 Å². The zero-order valence-electron chi connectivity index (χ0n) is 12.3. The molecule has 114 valence electrons. The highest BCUT2D eigenvalue weighted by atomic mass is 32.1. The van der Waals surface area contributed by atoms with Crippen LogP contribution in [0.25, 0.3) is 0 Å². The summed E-state index contributed by atoms with van der Waals surface area (Å²) in [6, 6.07) is 17.8. The van der Waals surface area contributed by atoms with E-state index in [1.54, 1.807) is 55.6 Å². The monoisotopic (exact) mass is 323 g/mol. The Morgan fingerprint density at radius 3 is 2.04 bits per heavy atom. The predicted molar refractivity (Wildman–Crippen MR) is 89.0 cm³/mol. The van der Waals surface area contributed by atoms with Crippen LogP contribution >= 0.6 is 11.3 Å². The van der Waals surface area contributed by atoms with E-state index >= 15 is 0 Å². The van der Waals surface area contributed by atoms with E-state index in [4.69, 9.17) is 0 Å². The van der Waals surface area contributed by atoms with Gasteiger partial charge in [-0.1, -0.05) is 59.9 Å². The SMILES string of the molecule is CN(C(=O)c1ccccc1)c1nnc(C(=O)c2ccccc2)s1. The van der Waals surface area contributed by atoms with Gasteiger partial charge in [0.25, 0.3) is 5.91 Å². The summed E-state index contributed by atoms with van der Waals surface area (Å²) in [5.41, 5.74) is 1.10. The zero-order chi connectivity index (χ0) is 16.2. The Morgan fingerprint density at radius 1 is 0.870 bits per heavy atom. The quantitative estimate of drug-likeness (QED) is 0.692. The lowest BCUT2D eigenvalue weighted by molar-refractivity contribution is 0.0991. The van der Waals surface area contributed by atoms with E-state index in [0.29, 0.717) is 16.3 Å². The number of rotatable bonds is 4. The zero-order valence-corrected chi connectivity index (χ0v) is 13.2. The van der Waals surface area contributed by atoms with Gasteiger partial charge in [-0.25, -0.2) is 0 Å². The molecule has 0 N–H and O–H groups in total. The molecule has 6 heteroatoms. The number of carbonyl (C=O) groups excluding carboxylic acids is 2. The first-order valence-corrected chi connectivity index (χ1v) is 7.75. The van der Waals surface area contributed by atoms with Crippen LogP contribution in [0.2, 0.25) is 0 Å². The van der Waals surface area contributed by atoms with E-state index in [9.17, 15) is 9.59 Å². The number of benzene rings is 2. The van der Waals surface area contributed by atoms with Crippen molar-refractivity contribution in [1.82, 2.24) is 10.2 Å². The molecule has 0 saturated heterocycles.